The standard InChI is InChI=1S/C13H19NO5S2/c1-10(19-9-11-5-2-3-7-18-11)13(15)14-21(16,17)12-6-4-8-20-12/h4,6,8,10-11H,2-3,5,7,9H2,1H3,(H,14,15)/t10-,11+/m1/s1. The number of hydrogen-bond acceptors (Lipinski definition) is 6. The summed E-state index contributed by atoms with van der Waals surface area (Å²) < 4.78 is 36.9. The first-order chi connectivity index (χ1) is 9.99. The van der Waals surface area contributed by atoms with Crippen molar-refractivity contribution in [3.8, 4) is 0 Å². The van der Waals surface area contributed by atoms with Gasteiger partial charge in [0, 0.05) is 6.61 Å². The van der Waals surface area contributed by atoms with Crippen molar-refractivity contribution < 1.29 is 22.7 Å². The molecule has 0 aromatic carbocycles. The van der Waals surface area contributed by atoms with Crippen LogP contribution >= 0.6 is 11.3 Å². The van der Waals surface area contributed by atoms with Crippen molar-refractivity contribution in [1.82, 2.24) is 4.72 Å². The van der Waals surface area contributed by atoms with E-state index in [9.17, 15) is 13.2 Å². The molecule has 118 valence electrons. The first-order valence-electron chi connectivity index (χ1n) is 6.82. The Hall–Kier alpha value is -0.960. The molecule has 1 aliphatic heterocycles. The summed E-state index contributed by atoms with van der Waals surface area (Å²) in [6, 6.07) is 3.06. The SMILES string of the molecule is C[C@@H](OC[C@@H]1CCCCO1)C(=O)NS(=O)(=O)c1cccs1. The lowest BCUT2D eigenvalue weighted by Gasteiger charge is -2.23. The quantitative estimate of drug-likeness (QED) is 0.854. The minimum absolute atomic E-state index is 0.0112. The van der Waals surface area contributed by atoms with E-state index in [1.54, 1.807) is 11.4 Å². The lowest BCUT2D eigenvalue weighted by atomic mass is 10.1. The first kappa shape index (κ1) is 16.4. The molecule has 2 heterocycles. The summed E-state index contributed by atoms with van der Waals surface area (Å²) in [4.78, 5) is 11.9. The molecule has 0 radical (unpaired) electrons. The fraction of sp³-hybridized carbons (Fsp3) is 0.615. The average molecular weight is 333 g/mol. The molecular formula is C13H19NO5S2. The van der Waals surface area contributed by atoms with Gasteiger partial charge in [-0.05, 0) is 37.6 Å². The van der Waals surface area contributed by atoms with Crippen molar-refractivity contribution in [2.24, 2.45) is 0 Å². The molecule has 1 aliphatic rings. The Balaban J connectivity index is 1.82. The number of carbonyl (C=O) groups is 1. The zero-order valence-electron chi connectivity index (χ0n) is 11.8. The minimum atomic E-state index is -3.80. The Labute approximate surface area is 128 Å². The number of rotatable bonds is 6. The van der Waals surface area contributed by atoms with Crippen LogP contribution in [0.3, 0.4) is 0 Å². The molecule has 1 aromatic rings. The zero-order chi connectivity index (χ0) is 15.3. The van der Waals surface area contributed by atoms with E-state index in [0.29, 0.717) is 13.2 Å². The second-order valence-corrected chi connectivity index (χ2v) is 7.72. The predicted molar refractivity (Wildman–Crippen MR) is 78.7 cm³/mol. The topological polar surface area (TPSA) is 81.7 Å². The van der Waals surface area contributed by atoms with E-state index >= 15 is 0 Å². The Kier molecular flexibility index (Phi) is 5.74. The summed E-state index contributed by atoms with van der Waals surface area (Å²) in [5.74, 6) is -0.667. The van der Waals surface area contributed by atoms with Crippen LogP contribution in [0.1, 0.15) is 26.2 Å². The van der Waals surface area contributed by atoms with E-state index < -0.39 is 22.0 Å². The van der Waals surface area contributed by atoms with Gasteiger partial charge in [0.1, 0.15) is 10.3 Å². The van der Waals surface area contributed by atoms with Gasteiger partial charge in [0.2, 0.25) is 0 Å². The Morgan fingerprint density at radius 3 is 3.00 bits per heavy atom. The number of hydrogen-bond donors (Lipinski definition) is 1. The van der Waals surface area contributed by atoms with E-state index in [0.717, 1.165) is 30.6 Å². The van der Waals surface area contributed by atoms with Gasteiger partial charge in [-0.3, -0.25) is 4.79 Å². The van der Waals surface area contributed by atoms with Gasteiger partial charge in [-0.1, -0.05) is 6.07 Å². The van der Waals surface area contributed by atoms with Gasteiger partial charge < -0.3 is 9.47 Å². The van der Waals surface area contributed by atoms with E-state index in [1.807, 2.05) is 4.72 Å². The third-order valence-corrected chi connectivity index (χ3v) is 5.91. The lowest BCUT2D eigenvalue weighted by molar-refractivity contribution is -0.133. The molecule has 1 amide bonds. The fourth-order valence-corrected chi connectivity index (χ4v) is 3.98. The second-order valence-electron chi connectivity index (χ2n) is 4.87. The third kappa shape index (κ3) is 4.77. The number of amides is 1. The number of nitrogens with one attached hydrogen (secondary N) is 1. The summed E-state index contributed by atoms with van der Waals surface area (Å²) in [6.07, 6.45) is 2.18. The molecule has 0 spiro atoms. The number of ether oxygens (including phenoxy) is 2. The predicted octanol–water partition coefficient (Wildman–Crippen LogP) is 1.53. The Bertz CT molecular complexity index is 549. The highest BCUT2D eigenvalue weighted by Gasteiger charge is 2.24. The van der Waals surface area contributed by atoms with Crippen LogP contribution in [0, 0.1) is 0 Å². The zero-order valence-corrected chi connectivity index (χ0v) is 13.4. The van der Waals surface area contributed by atoms with Crippen molar-refractivity contribution in [1.29, 1.82) is 0 Å². The van der Waals surface area contributed by atoms with Crippen molar-refractivity contribution in [2.45, 2.75) is 42.6 Å². The highest BCUT2D eigenvalue weighted by molar-refractivity contribution is 7.92. The van der Waals surface area contributed by atoms with Crippen molar-refractivity contribution in [2.75, 3.05) is 13.2 Å². The van der Waals surface area contributed by atoms with Crippen LogP contribution in [-0.2, 0) is 24.3 Å². The highest BCUT2D eigenvalue weighted by Crippen LogP contribution is 2.16. The maximum absolute atomic E-state index is 11.9. The molecule has 8 heteroatoms. The fourth-order valence-electron chi connectivity index (χ4n) is 1.95. The molecule has 0 bridgehead atoms. The molecule has 1 aromatic heterocycles. The molecule has 0 aliphatic carbocycles. The smallest absolute Gasteiger partial charge is 0.273 e. The van der Waals surface area contributed by atoms with Gasteiger partial charge in [-0.25, -0.2) is 13.1 Å². The van der Waals surface area contributed by atoms with Gasteiger partial charge in [0.15, 0.2) is 0 Å². The van der Waals surface area contributed by atoms with Gasteiger partial charge >= 0.3 is 0 Å². The molecule has 2 atom stereocenters. The maximum atomic E-state index is 11.9. The van der Waals surface area contributed by atoms with Crippen LogP contribution in [0.15, 0.2) is 21.7 Å². The number of thiophene rings is 1. The van der Waals surface area contributed by atoms with Crippen LogP contribution in [0.5, 0.6) is 0 Å². The Morgan fingerprint density at radius 1 is 1.57 bits per heavy atom. The highest BCUT2D eigenvalue weighted by atomic mass is 32.2. The lowest BCUT2D eigenvalue weighted by Crippen LogP contribution is -2.39. The molecule has 1 fully saturated rings. The molecular weight excluding hydrogens is 314 g/mol. The van der Waals surface area contributed by atoms with Crippen molar-refractivity contribution in [3.63, 3.8) is 0 Å². The molecule has 0 saturated carbocycles. The molecule has 2 rings (SSSR count). The largest absolute Gasteiger partial charge is 0.376 e. The van der Waals surface area contributed by atoms with Gasteiger partial charge in [0.05, 0.1) is 12.7 Å². The first-order valence-corrected chi connectivity index (χ1v) is 9.18. The summed E-state index contributed by atoms with van der Waals surface area (Å²) in [6.45, 7) is 2.54. The van der Waals surface area contributed by atoms with Crippen LogP contribution < -0.4 is 4.72 Å². The molecule has 1 saturated heterocycles. The Morgan fingerprint density at radius 2 is 2.38 bits per heavy atom. The van der Waals surface area contributed by atoms with Crippen LogP contribution in [0.25, 0.3) is 0 Å². The summed E-state index contributed by atoms with van der Waals surface area (Å²) in [7, 11) is -3.80. The maximum Gasteiger partial charge on any atom is 0.273 e. The normalized spacial score (nSPS) is 20.9. The molecule has 21 heavy (non-hydrogen) atoms. The summed E-state index contributed by atoms with van der Waals surface area (Å²) in [5, 5.41) is 1.64. The molecule has 0 unspecified atom stereocenters. The van der Waals surface area contributed by atoms with E-state index in [-0.39, 0.29) is 10.3 Å². The summed E-state index contributed by atoms with van der Waals surface area (Å²) in [5.41, 5.74) is 0. The van der Waals surface area contributed by atoms with Crippen molar-refractivity contribution >= 4 is 27.3 Å². The van der Waals surface area contributed by atoms with Crippen LogP contribution in [0.2, 0.25) is 0 Å². The number of sulfonamides is 1. The average Bonchev–Trinajstić information content (AvgIpc) is 3.00. The van der Waals surface area contributed by atoms with Crippen molar-refractivity contribution in [3.05, 3.63) is 17.5 Å². The monoisotopic (exact) mass is 333 g/mol. The van der Waals surface area contributed by atoms with E-state index in [2.05, 4.69) is 0 Å². The van der Waals surface area contributed by atoms with E-state index in [1.165, 1.54) is 13.0 Å². The van der Waals surface area contributed by atoms with Crippen LogP contribution in [0.4, 0.5) is 0 Å². The van der Waals surface area contributed by atoms with Gasteiger partial charge in [0.25, 0.3) is 15.9 Å². The third-order valence-electron chi connectivity index (χ3n) is 3.17. The number of carbonyl (C=O) groups excluding carboxylic acids is 1. The molecule has 6 nitrogen and oxygen atoms in total. The van der Waals surface area contributed by atoms with Gasteiger partial charge in [-0.2, -0.15) is 0 Å². The van der Waals surface area contributed by atoms with E-state index in [4.69, 9.17) is 9.47 Å². The van der Waals surface area contributed by atoms with Crippen LogP contribution in [-0.4, -0.2) is 39.7 Å². The minimum Gasteiger partial charge on any atom is -0.376 e. The summed E-state index contributed by atoms with van der Waals surface area (Å²) >= 11 is 1.06. The van der Waals surface area contributed by atoms with Gasteiger partial charge in [-0.15, -0.1) is 11.3 Å². The second kappa shape index (κ2) is 7.35. The molecule has 1 N–H and O–H groups in total.